The molecule has 0 spiro atoms. The second-order valence-electron chi connectivity index (χ2n) is 7.93. The quantitative estimate of drug-likeness (QED) is 0.300. The Kier molecular flexibility index (Phi) is 8.92. The summed E-state index contributed by atoms with van der Waals surface area (Å²) in [6, 6.07) is 22.4. The molecule has 0 radical (unpaired) electrons. The normalized spacial score (nSPS) is 14.8. The fourth-order valence-electron chi connectivity index (χ4n) is 3.17. The van der Waals surface area contributed by atoms with Gasteiger partial charge in [0, 0.05) is 17.9 Å². The van der Waals surface area contributed by atoms with Crippen LogP contribution >= 0.6 is 7.37 Å². The molecule has 0 bridgehead atoms. The summed E-state index contributed by atoms with van der Waals surface area (Å²) in [5.41, 5.74) is 1.01. The van der Waals surface area contributed by atoms with Crippen molar-refractivity contribution in [1.29, 1.82) is 0 Å². The summed E-state index contributed by atoms with van der Waals surface area (Å²) in [4.78, 5) is 10.4. The first-order chi connectivity index (χ1) is 15.8. The lowest BCUT2D eigenvalue weighted by Crippen LogP contribution is -2.37. The number of nitrogens with one attached hydrogen (secondary N) is 1. The monoisotopic (exact) mass is 471 g/mol. The standard InChI is InChI=1S/C25H30NO6P/c1-19(26-16-22(28)17-31-24-11-9-21(27)10-12-24)15-20-7-13-25(14-8-20)33(29,30)18-32-23-5-3-2-4-6-23/h2-14,19,22,26-28H,15-18H2,1H3,(H,29,30)/t19-,22+/m0/s1. The Morgan fingerprint density at radius 2 is 1.55 bits per heavy atom. The Balaban J connectivity index is 1.41. The van der Waals surface area contributed by atoms with Gasteiger partial charge in [0.05, 0.1) is 0 Å². The number of phenolic OH excluding ortho intramolecular Hbond substituents is 1. The number of hydrogen-bond acceptors (Lipinski definition) is 6. The average Bonchev–Trinajstić information content (AvgIpc) is 2.82. The van der Waals surface area contributed by atoms with Crippen LogP contribution in [0.2, 0.25) is 0 Å². The topological polar surface area (TPSA) is 108 Å². The van der Waals surface area contributed by atoms with Crippen molar-refractivity contribution in [2.45, 2.75) is 25.5 Å². The maximum absolute atomic E-state index is 12.6. The molecule has 0 aliphatic rings. The van der Waals surface area contributed by atoms with Crippen LogP contribution in [0.1, 0.15) is 12.5 Å². The number of aliphatic hydroxyl groups excluding tert-OH is 1. The van der Waals surface area contributed by atoms with Crippen LogP contribution in [0.15, 0.2) is 78.9 Å². The molecule has 0 aliphatic carbocycles. The van der Waals surface area contributed by atoms with Gasteiger partial charge in [0.25, 0.3) is 7.37 Å². The van der Waals surface area contributed by atoms with Gasteiger partial charge in [-0.25, -0.2) is 0 Å². The van der Waals surface area contributed by atoms with E-state index in [2.05, 4.69) is 5.32 Å². The zero-order chi connectivity index (χ0) is 23.7. The van der Waals surface area contributed by atoms with Crippen LogP contribution in [0, 0.1) is 0 Å². The van der Waals surface area contributed by atoms with Crippen molar-refractivity contribution in [3.05, 3.63) is 84.4 Å². The number of phenols is 1. The van der Waals surface area contributed by atoms with Crippen LogP contribution in [-0.2, 0) is 11.0 Å². The smallest absolute Gasteiger partial charge is 0.265 e. The highest BCUT2D eigenvalue weighted by Crippen LogP contribution is 2.39. The second-order valence-corrected chi connectivity index (χ2v) is 10.1. The molecule has 7 nitrogen and oxygen atoms in total. The van der Waals surface area contributed by atoms with Crippen molar-refractivity contribution in [3.8, 4) is 17.2 Å². The Morgan fingerprint density at radius 3 is 2.21 bits per heavy atom. The van der Waals surface area contributed by atoms with Crippen molar-refractivity contribution in [2.24, 2.45) is 0 Å². The maximum atomic E-state index is 12.6. The van der Waals surface area contributed by atoms with Crippen LogP contribution in [0.4, 0.5) is 0 Å². The van der Waals surface area contributed by atoms with Crippen LogP contribution < -0.4 is 20.1 Å². The summed E-state index contributed by atoms with van der Waals surface area (Å²) in [5.74, 6) is 1.29. The third-order valence-electron chi connectivity index (χ3n) is 5.01. The Morgan fingerprint density at radius 1 is 0.909 bits per heavy atom. The summed E-state index contributed by atoms with van der Waals surface area (Å²) in [6.45, 7) is 2.50. The fourth-order valence-corrected chi connectivity index (χ4v) is 4.26. The Bertz CT molecular complexity index is 1030. The number of ether oxygens (including phenoxy) is 2. The predicted octanol–water partition coefficient (Wildman–Crippen LogP) is 3.28. The number of hydrogen-bond donors (Lipinski definition) is 4. The van der Waals surface area contributed by atoms with E-state index in [4.69, 9.17) is 9.47 Å². The summed E-state index contributed by atoms with van der Waals surface area (Å²) < 4.78 is 23.6. The number of para-hydroxylation sites is 1. The first-order valence-corrected chi connectivity index (χ1v) is 12.6. The van der Waals surface area contributed by atoms with Gasteiger partial charge < -0.3 is 29.9 Å². The van der Waals surface area contributed by atoms with Gasteiger partial charge in [-0.2, -0.15) is 0 Å². The molecule has 3 atom stereocenters. The largest absolute Gasteiger partial charge is 0.508 e. The summed E-state index contributed by atoms with van der Waals surface area (Å²) in [7, 11) is -3.62. The molecular formula is C25H30NO6P. The molecular weight excluding hydrogens is 441 g/mol. The van der Waals surface area contributed by atoms with E-state index in [0.717, 1.165) is 5.56 Å². The zero-order valence-corrected chi connectivity index (χ0v) is 19.4. The first-order valence-electron chi connectivity index (χ1n) is 10.7. The Labute approximate surface area is 194 Å². The number of aliphatic hydroxyl groups is 1. The van der Waals surface area contributed by atoms with Gasteiger partial charge in [0.15, 0.2) is 6.35 Å². The second kappa shape index (κ2) is 11.9. The predicted molar refractivity (Wildman–Crippen MR) is 129 cm³/mol. The van der Waals surface area contributed by atoms with Gasteiger partial charge in [-0.3, -0.25) is 4.57 Å². The van der Waals surface area contributed by atoms with Crippen LogP contribution in [0.3, 0.4) is 0 Å². The highest BCUT2D eigenvalue weighted by Gasteiger charge is 2.22. The lowest BCUT2D eigenvalue weighted by molar-refractivity contribution is 0.104. The molecule has 8 heteroatoms. The van der Waals surface area contributed by atoms with Crippen molar-refractivity contribution in [2.75, 3.05) is 19.5 Å². The molecule has 0 heterocycles. The van der Waals surface area contributed by atoms with Crippen molar-refractivity contribution in [1.82, 2.24) is 5.32 Å². The van der Waals surface area contributed by atoms with E-state index < -0.39 is 13.5 Å². The molecule has 176 valence electrons. The molecule has 0 aliphatic heterocycles. The number of aromatic hydroxyl groups is 1. The van der Waals surface area contributed by atoms with E-state index in [1.807, 2.05) is 37.3 Å². The average molecular weight is 471 g/mol. The van der Waals surface area contributed by atoms with Crippen LogP contribution in [0.25, 0.3) is 0 Å². The minimum Gasteiger partial charge on any atom is -0.508 e. The molecule has 0 aromatic heterocycles. The van der Waals surface area contributed by atoms with Gasteiger partial charge in [-0.05, 0) is 67.4 Å². The van der Waals surface area contributed by atoms with Gasteiger partial charge in [-0.1, -0.05) is 30.3 Å². The van der Waals surface area contributed by atoms with Gasteiger partial charge in [-0.15, -0.1) is 0 Å². The third kappa shape index (κ3) is 8.22. The molecule has 3 aromatic carbocycles. The zero-order valence-electron chi connectivity index (χ0n) is 18.5. The molecule has 0 saturated carbocycles. The van der Waals surface area contributed by atoms with E-state index in [1.165, 1.54) is 12.1 Å². The summed E-state index contributed by atoms with van der Waals surface area (Å²) >= 11 is 0. The summed E-state index contributed by atoms with van der Waals surface area (Å²) in [5, 5.41) is 23.0. The molecule has 3 aromatic rings. The summed E-state index contributed by atoms with van der Waals surface area (Å²) in [6.07, 6.45) is -0.269. The highest BCUT2D eigenvalue weighted by atomic mass is 31.2. The maximum Gasteiger partial charge on any atom is 0.265 e. The molecule has 3 rings (SSSR count). The van der Waals surface area contributed by atoms with E-state index in [0.29, 0.717) is 29.8 Å². The Hall–Kier alpha value is -2.83. The van der Waals surface area contributed by atoms with Gasteiger partial charge >= 0.3 is 0 Å². The molecule has 4 N–H and O–H groups in total. The third-order valence-corrected chi connectivity index (χ3v) is 6.60. The molecule has 1 unspecified atom stereocenters. The number of rotatable bonds is 12. The SMILES string of the molecule is C[C@@H](Cc1ccc(P(=O)(O)COc2ccccc2)cc1)NC[C@@H](O)COc1ccc(O)cc1. The van der Waals surface area contributed by atoms with Gasteiger partial charge in [0.1, 0.15) is 30.0 Å². The van der Waals surface area contributed by atoms with E-state index in [-0.39, 0.29) is 24.7 Å². The highest BCUT2D eigenvalue weighted by molar-refractivity contribution is 7.65. The lowest BCUT2D eigenvalue weighted by Gasteiger charge is -2.18. The molecule has 0 amide bonds. The molecule has 0 saturated heterocycles. The lowest BCUT2D eigenvalue weighted by atomic mass is 10.1. The van der Waals surface area contributed by atoms with Crippen molar-refractivity contribution >= 4 is 12.7 Å². The number of benzene rings is 3. The molecule has 33 heavy (non-hydrogen) atoms. The van der Waals surface area contributed by atoms with E-state index in [1.54, 1.807) is 36.4 Å². The van der Waals surface area contributed by atoms with Gasteiger partial charge in [0.2, 0.25) is 0 Å². The van der Waals surface area contributed by atoms with E-state index >= 15 is 0 Å². The minimum atomic E-state index is -3.62. The van der Waals surface area contributed by atoms with Crippen molar-refractivity contribution in [3.63, 3.8) is 0 Å². The molecule has 0 fully saturated rings. The van der Waals surface area contributed by atoms with Crippen LogP contribution in [0.5, 0.6) is 17.2 Å². The first kappa shape index (κ1) is 24.8. The van der Waals surface area contributed by atoms with Crippen LogP contribution in [-0.4, -0.2) is 46.8 Å². The minimum absolute atomic E-state index is 0.0847. The van der Waals surface area contributed by atoms with E-state index in [9.17, 15) is 19.7 Å². The van der Waals surface area contributed by atoms with Crippen molar-refractivity contribution < 1.29 is 29.1 Å². The fraction of sp³-hybridized carbons (Fsp3) is 0.280.